The number of hydrogen-bond donors (Lipinski definition) is 0. The van der Waals surface area contributed by atoms with Crippen LogP contribution >= 0.6 is 0 Å². The molecular weight excluding hydrogens is 236 g/mol. The highest BCUT2D eigenvalue weighted by Gasteiger charge is 2.29. The lowest BCUT2D eigenvalue weighted by atomic mass is 9.82. The Balaban J connectivity index is 1.85. The molecule has 2 heteroatoms. The Labute approximate surface area is 116 Å². The third kappa shape index (κ3) is 3.82. The molecule has 1 aliphatic rings. The molecule has 0 saturated heterocycles. The molecule has 1 saturated carbocycles. The van der Waals surface area contributed by atoms with Gasteiger partial charge in [0, 0.05) is 0 Å². The Morgan fingerprint density at radius 1 is 1.05 bits per heavy atom. The standard InChI is InChI=1S/C17H24O2/c1-17(2,3)16(18)19-15-11-9-14(10-12-15)13-7-5-4-6-8-13/h4-8,14-15H,9-12H2,1-3H3/t14-,15-. The van der Waals surface area contributed by atoms with E-state index in [1.54, 1.807) is 0 Å². The van der Waals surface area contributed by atoms with Crippen LogP contribution in [0.5, 0.6) is 0 Å². The van der Waals surface area contributed by atoms with Crippen LogP contribution in [0.3, 0.4) is 0 Å². The minimum atomic E-state index is -0.393. The fourth-order valence-corrected chi connectivity index (χ4v) is 2.57. The number of esters is 1. The van der Waals surface area contributed by atoms with Crippen molar-refractivity contribution in [2.75, 3.05) is 0 Å². The first-order valence-electron chi connectivity index (χ1n) is 7.23. The molecule has 0 amide bonds. The molecule has 2 rings (SSSR count). The van der Waals surface area contributed by atoms with E-state index < -0.39 is 5.41 Å². The zero-order chi connectivity index (χ0) is 13.9. The summed E-state index contributed by atoms with van der Waals surface area (Å²) in [5.41, 5.74) is 1.03. The number of hydrogen-bond acceptors (Lipinski definition) is 2. The lowest BCUT2D eigenvalue weighted by molar-refractivity contribution is -0.160. The van der Waals surface area contributed by atoms with Gasteiger partial charge in [0.05, 0.1) is 5.41 Å². The quantitative estimate of drug-likeness (QED) is 0.741. The van der Waals surface area contributed by atoms with Crippen LogP contribution in [0, 0.1) is 5.41 Å². The molecule has 0 aromatic heterocycles. The lowest BCUT2D eigenvalue weighted by Gasteiger charge is -2.30. The molecular formula is C17H24O2. The van der Waals surface area contributed by atoms with Gasteiger partial charge in [-0.15, -0.1) is 0 Å². The number of ether oxygens (including phenoxy) is 1. The van der Waals surface area contributed by atoms with E-state index in [0.717, 1.165) is 25.7 Å². The number of benzene rings is 1. The first-order valence-corrected chi connectivity index (χ1v) is 7.23. The van der Waals surface area contributed by atoms with Crippen LogP contribution in [0.25, 0.3) is 0 Å². The van der Waals surface area contributed by atoms with Gasteiger partial charge in [-0.25, -0.2) is 0 Å². The van der Waals surface area contributed by atoms with E-state index in [0.29, 0.717) is 5.92 Å². The fourth-order valence-electron chi connectivity index (χ4n) is 2.57. The molecule has 0 bridgehead atoms. The number of rotatable bonds is 2. The van der Waals surface area contributed by atoms with Crippen molar-refractivity contribution in [2.24, 2.45) is 5.41 Å². The first kappa shape index (κ1) is 14.1. The molecule has 0 spiro atoms. The summed E-state index contributed by atoms with van der Waals surface area (Å²) in [6.45, 7) is 5.72. The van der Waals surface area contributed by atoms with E-state index in [2.05, 4.69) is 30.3 Å². The van der Waals surface area contributed by atoms with E-state index in [9.17, 15) is 4.79 Å². The smallest absolute Gasteiger partial charge is 0.311 e. The van der Waals surface area contributed by atoms with Gasteiger partial charge in [0.2, 0.25) is 0 Å². The predicted molar refractivity (Wildman–Crippen MR) is 77.0 cm³/mol. The van der Waals surface area contributed by atoms with Crippen molar-refractivity contribution < 1.29 is 9.53 Å². The Morgan fingerprint density at radius 2 is 1.63 bits per heavy atom. The third-order valence-electron chi connectivity index (χ3n) is 3.83. The molecule has 104 valence electrons. The molecule has 0 heterocycles. The molecule has 0 unspecified atom stereocenters. The minimum Gasteiger partial charge on any atom is -0.462 e. The van der Waals surface area contributed by atoms with Crippen LogP contribution in [-0.2, 0) is 9.53 Å². The average molecular weight is 260 g/mol. The van der Waals surface area contributed by atoms with Gasteiger partial charge < -0.3 is 4.74 Å². The maximum atomic E-state index is 11.9. The minimum absolute atomic E-state index is 0.0735. The van der Waals surface area contributed by atoms with Crippen LogP contribution in [0.15, 0.2) is 30.3 Å². The molecule has 1 fully saturated rings. The highest BCUT2D eigenvalue weighted by atomic mass is 16.5. The summed E-state index contributed by atoms with van der Waals surface area (Å²) in [5, 5.41) is 0. The summed E-state index contributed by atoms with van der Waals surface area (Å²) in [5.74, 6) is 0.557. The predicted octanol–water partition coefficient (Wildman–Crippen LogP) is 4.30. The molecule has 2 nitrogen and oxygen atoms in total. The van der Waals surface area contributed by atoms with Gasteiger partial charge in [-0.2, -0.15) is 0 Å². The molecule has 0 aliphatic heterocycles. The molecule has 1 aromatic rings. The summed E-state index contributed by atoms with van der Waals surface area (Å²) in [4.78, 5) is 11.9. The van der Waals surface area contributed by atoms with Crippen LogP contribution in [0.4, 0.5) is 0 Å². The molecule has 0 N–H and O–H groups in total. The van der Waals surface area contributed by atoms with Crippen LogP contribution < -0.4 is 0 Å². The third-order valence-corrected chi connectivity index (χ3v) is 3.83. The van der Waals surface area contributed by atoms with E-state index in [1.807, 2.05) is 20.8 Å². The Bertz CT molecular complexity index is 409. The van der Waals surface area contributed by atoms with E-state index in [4.69, 9.17) is 4.74 Å². The highest BCUT2D eigenvalue weighted by Crippen LogP contribution is 2.34. The van der Waals surface area contributed by atoms with Crippen LogP contribution in [-0.4, -0.2) is 12.1 Å². The summed E-state index contributed by atoms with van der Waals surface area (Å²) in [7, 11) is 0. The summed E-state index contributed by atoms with van der Waals surface area (Å²) >= 11 is 0. The second kappa shape index (κ2) is 5.77. The van der Waals surface area contributed by atoms with Gasteiger partial charge in [0.25, 0.3) is 0 Å². The van der Waals surface area contributed by atoms with Crippen molar-refractivity contribution in [1.29, 1.82) is 0 Å². The molecule has 1 aliphatic carbocycles. The van der Waals surface area contributed by atoms with E-state index in [-0.39, 0.29) is 12.1 Å². The topological polar surface area (TPSA) is 26.3 Å². The van der Waals surface area contributed by atoms with Gasteiger partial charge in [-0.3, -0.25) is 4.79 Å². The molecule has 0 radical (unpaired) electrons. The maximum absolute atomic E-state index is 11.9. The first-order chi connectivity index (χ1) is 8.97. The SMILES string of the molecule is CC(C)(C)C(=O)O[C@H]1CC[C@H](c2ccccc2)CC1. The lowest BCUT2D eigenvalue weighted by Crippen LogP contribution is -2.30. The van der Waals surface area contributed by atoms with Gasteiger partial charge >= 0.3 is 5.97 Å². The molecule has 19 heavy (non-hydrogen) atoms. The van der Waals surface area contributed by atoms with Crippen molar-refractivity contribution in [1.82, 2.24) is 0 Å². The zero-order valence-corrected chi connectivity index (χ0v) is 12.2. The van der Waals surface area contributed by atoms with Crippen LogP contribution in [0.1, 0.15) is 57.9 Å². The number of carbonyl (C=O) groups is 1. The molecule has 0 atom stereocenters. The van der Waals surface area contributed by atoms with Crippen molar-refractivity contribution in [3.8, 4) is 0 Å². The normalized spacial score (nSPS) is 23.9. The summed E-state index contributed by atoms with van der Waals surface area (Å²) in [6.07, 6.45) is 4.33. The van der Waals surface area contributed by atoms with Gasteiger partial charge in [0.15, 0.2) is 0 Å². The van der Waals surface area contributed by atoms with Crippen LogP contribution in [0.2, 0.25) is 0 Å². The van der Waals surface area contributed by atoms with E-state index >= 15 is 0 Å². The summed E-state index contributed by atoms with van der Waals surface area (Å²) in [6, 6.07) is 10.7. The van der Waals surface area contributed by atoms with Gasteiger partial charge in [-0.05, 0) is 57.9 Å². The highest BCUT2D eigenvalue weighted by molar-refractivity contribution is 5.75. The average Bonchev–Trinajstić information content (AvgIpc) is 2.39. The second-order valence-corrected chi connectivity index (χ2v) is 6.54. The fraction of sp³-hybridized carbons (Fsp3) is 0.588. The largest absolute Gasteiger partial charge is 0.462 e. The van der Waals surface area contributed by atoms with Crippen molar-refractivity contribution in [3.63, 3.8) is 0 Å². The Morgan fingerprint density at radius 3 is 2.16 bits per heavy atom. The van der Waals surface area contributed by atoms with Crippen molar-refractivity contribution in [2.45, 2.75) is 58.5 Å². The molecule has 1 aromatic carbocycles. The van der Waals surface area contributed by atoms with Crippen molar-refractivity contribution >= 4 is 5.97 Å². The maximum Gasteiger partial charge on any atom is 0.311 e. The Kier molecular flexibility index (Phi) is 4.28. The summed E-state index contributed by atoms with van der Waals surface area (Å²) < 4.78 is 5.60. The Hall–Kier alpha value is -1.31. The van der Waals surface area contributed by atoms with E-state index in [1.165, 1.54) is 5.56 Å². The van der Waals surface area contributed by atoms with Gasteiger partial charge in [-0.1, -0.05) is 30.3 Å². The monoisotopic (exact) mass is 260 g/mol. The zero-order valence-electron chi connectivity index (χ0n) is 12.2. The number of carbonyl (C=O) groups excluding carboxylic acids is 1. The second-order valence-electron chi connectivity index (χ2n) is 6.54. The van der Waals surface area contributed by atoms with Gasteiger partial charge in [0.1, 0.15) is 6.10 Å². The van der Waals surface area contributed by atoms with Crippen molar-refractivity contribution in [3.05, 3.63) is 35.9 Å².